The SMILES string of the molecule is COc1ccc(N2CCOCC2)c2sc(C(=O)NC3CCCCC3)nc12. The van der Waals surface area contributed by atoms with Gasteiger partial charge in [0.05, 0.1) is 30.7 Å². The quantitative estimate of drug-likeness (QED) is 0.889. The maximum atomic E-state index is 12.7. The number of ether oxygens (including phenoxy) is 2. The van der Waals surface area contributed by atoms with Crippen molar-refractivity contribution in [3.05, 3.63) is 17.1 Å². The van der Waals surface area contributed by atoms with Gasteiger partial charge in [-0.15, -0.1) is 11.3 Å². The minimum Gasteiger partial charge on any atom is -0.494 e. The van der Waals surface area contributed by atoms with E-state index in [-0.39, 0.29) is 11.9 Å². The van der Waals surface area contributed by atoms with Gasteiger partial charge >= 0.3 is 0 Å². The molecule has 7 heteroatoms. The number of benzene rings is 1. The van der Waals surface area contributed by atoms with Gasteiger partial charge in [0.15, 0.2) is 5.01 Å². The van der Waals surface area contributed by atoms with Gasteiger partial charge in [-0.1, -0.05) is 19.3 Å². The number of amides is 1. The second-order valence-corrected chi connectivity index (χ2v) is 7.89. The first-order valence-corrected chi connectivity index (χ1v) is 10.2. The summed E-state index contributed by atoms with van der Waals surface area (Å²) in [7, 11) is 1.64. The maximum absolute atomic E-state index is 12.7. The Bertz CT molecular complexity index is 780. The molecule has 2 aromatic rings. The summed E-state index contributed by atoms with van der Waals surface area (Å²) in [6, 6.07) is 4.28. The normalized spacial score (nSPS) is 18.9. The van der Waals surface area contributed by atoms with Crippen molar-refractivity contribution in [2.45, 2.75) is 38.1 Å². The van der Waals surface area contributed by atoms with Crippen LogP contribution in [0.25, 0.3) is 10.2 Å². The highest BCUT2D eigenvalue weighted by Gasteiger charge is 2.23. The van der Waals surface area contributed by atoms with E-state index in [1.807, 2.05) is 6.07 Å². The summed E-state index contributed by atoms with van der Waals surface area (Å²) in [5.41, 5.74) is 1.88. The number of nitrogens with one attached hydrogen (secondary N) is 1. The van der Waals surface area contributed by atoms with Gasteiger partial charge in [-0.3, -0.25) is 4.79 Å². The molecule has 1 aromatic heterocycles. The first-order valence-electron chi connectivity index (χ1n) is 9.37. The molecule has 1 N–H and O–H groups in total. The number of carbonyl (C=O) groups excluding carboxylic acids is 1. The van der Waals surface area contributed by atoms with E-state index in [1.54, 1.807) is 7.11 Å². The van der Waals surface area contributed by atoms with Crippen molar-refractivity contribution in [3.63, 3.8) is 0 Å². The molecule has 1 saturated carbocycles. The van der Waals surface area contributed by atoms with Crippen LogP contribution in [0, 0.1) is 0 Å². The summed E-state index contributed by atoms with van der Waals surface area (Å²) in [4.78, 5) is 19.7. The Kier molecular flexibility index (Phi) is 5.26. The summed E-state index contributed by atoms with van der Waals surface area (Å²) in [6.45, 7) is 3.15. The number of carbonyl (C=O) groups is 1. The Hall–Kier alpha value is -1.86. The van der Waals surface area contributed by atoms with Gasteiger partial charge in [0.2, 0.25) is 0 Å². The molecule has 1 aliphatic carbocycles. The molecule has 0 unspecified atom stereocenters. The van der Waals surface area contributed by atoms with Gasteiger partial charge in [-0.25, -0.2) is 4.98 Å². The van der Waals surface area contributed by atoms with Crippen LogP contribution in [-0.2, 0) is 4.74 Å². The molecule has 0 atom stereocenters. The van der Waals surface area contributed by atoms with E-state index in [4.69, 9.17) is 9.47 Å². The number of fused-ring (bicyclic) bond motifs is 1. The van der Waals surface area contributed by atoms with Crippen LogP contribution in [0.2, 0.25) is 0 Å². The number of aromatic nitrogens is 1. The molecular weight excluding hydrogens is 350 g/mol. The molecule has 0 radical (unpaired) electrons. The van der Waals surface area contributed by atoms with Gasteiger partial charge in [-0.2, -0.15) is 0 Å². The molecule has 1 aromatic carbocycles. The molecule has 26 heavy (non-hydrogen) atoms. The predicted molar refractivity (Wildman–Crippen MR) is 104 cm³/mol. The van der Waals surface area contributed by atoms with Gasteiger partial charge in [-0.05, 0) is 25.0 Å². The number of nitrogens with zero attached hydrogens (tertiary/aromatic N) is 2. The molecule has 140 valence electrons. The summed E-state index contributed by atoms with van der Waals surface area (Å²) >= 11 is 1.46. The van der Waals surface area contributed by atoms with Crippen molar-refractivity contribution < 1.29 is 14.3 Å². The Balaban J connectivity index is 1.64. The minimum atomic E-state index is -0.0620. The van der Waals surface area contributed by atoms with E-state index < -0.39 is 0 Å². The van der Waals surface area contributed by atoms with Crippen LogP contribution >= 0.6 is 11.3 Å². The summed E-state index contributed by atoms with van der Waals surface area (Å²) < 4.78 is 12.0. The fraction of sp³-hybridized carbons (Fsp3) is 0.579. The largest absolute Gasteiger partial charge is 0.494 e. The van der Waals surface area contributed by atoms with E-state index >= 15 is 0 Å². The third-order valence-corrected chi connectivity index (χ3v) is 6.27. The number of methoxy groups -OCH3 is 1. The molecule has 4 rings (SSSR count). The monoisotopic (exact) mass is 375 g/mol. The number of thiazole rings is 1. The smallest absolute Gasteiger partial charge is 0.280 e. The van der Waals surface area contributed by atoms with Crippen molar-refractivity contribution in [2.75, 3.05) is 38.3 Å². The molecule has 0 bridgehead atoms. The fourth-order valence-corrected chi connectivity index (χ4v) is 4.81. The molecule has 1 amide bonds. The van der Waals surface area contributed by atoms with Gasteiger partial charge < -0.3 is 19.7 Å². The highest BCUT2D eigenvalue weighted by Crippen LogP contribution is 2.38. The number of morpholine rings is 1. The first kappa shape index (κ1) is 17.5. The van der Waals surface area contributed by atoms with Crippen LogP contribution in [0.1, 0.15) is 41.9 Å². The summed E-state index contributed by atoms with van der Waals surface area (Å²) in [6.07, 6.45) is 5.80. The van der Waals surface area contributed by atoms with E-state index in [9.17, 15) is 4.79 Å². The van der Waals surface area contributed by atoms with E-state index in [0.29, 0.717) is 10.8 Å². The summed E-state index contributed by atoms with van der Waals surface area (Å²) in [5.74, 6) is 0.651. The molecule has 6 nitrogen and oxygen atoms in total. The average Bonchev–Trinajstić information content (AvgIpc) is 3.14. The topological polar surface area (TPSA) is 63.7 Å². The minimum absolute atomic E-state index is 0.0620. The fourth-order valence-electron chi connectivity index (χ4n) is 3.78. The van der Waals surface area contributed by atoms with Crippen molar-refractivity contribution >= 4 is 33.1 Å². The molecule has 1 saturated heterocycles. The highest BCUT2D eigenvalue weighted by atomic mass is 32.1. The number of rotatable bonds is 4. The Labute approximate surface area is 157 Å². The second-order valence-electron chi connectivity index (χ2n) is 6.89. The van der Waals surface area contributed by atoms with Gasteiger partial charge in [0, 0.05) is 19.1 Å². The number of anilines is 1. The molecule has 1 aliphatic heterocycles. The van der Waals surface area contributed by atoms with Crippen molar-refractivity contribution in [3.8, 4) is 5.75 Å². The van der Waals surface area contributed by atoms with Crippen LogP contribution in [-0.4, -0.2) is 50.3 Å². The maximum Gasteiger partial charge on any atom is 0.280 e. The van der Waals surface area contributed by atoms with Gasteiger partial charge in [0.25, 0.3) is 5.91 Å². The van der Waals surface area contributed by atoms with E-state index in [0.717, 1.165) is 55.0 Å². The van der Waals surface area contributed by atoms with E-state index in [1.165, 1.54) is 30.6 Å². The van der Waals surface area contributed by atoms with E-state index in [2.05, 4.69) is 21.3 Å². The molecule has 2 heterocycles. The Morgan fingerprint density at radius 1 is 1.27 bits per heavy atom. The third kappa shape index (κ3) is 3.50. The number of hydrogen-bond acceptors (Lipinski definition) is 6. The lowest BCUT2D eigenvalue weighted by Gasteiger charge is -2.29. The molecular formula is C19H25N3O3S. The van der Waals surface area contributed by atoms with Crippen LogP contribution in [0.4, 0.5) is 5.69 Å². The third-order valence-electron chi connectivity index (χ3n) is 5.19. The average molecular weight is 375 g/mol. The Morgan fingerprint density at radius 2 is 2.04 bits per heavy atom. The standard InChI is InChI=1S/C19H25N3O3S/c1-24-15-8-7-14(22-9-11-25-12-10-22)17-16(15)21-19(26-17)18(23)20-13-5-3-2-4-6-13/h7-8,13H,2-6,9-12H2,1H3,(H,20,23). The van der Waals surface area contributed by atoms with Gasteiger partial charge in [0.1, 0.15) is 11.3 Å². The highest BCUT2D eigenvalue weighted by molar-refractivity contribution is 7.21. The van der Waals surface area contributed by atoms with Crippen LogP contribution < -0.4 is 15.0 Å². The molecule has 2 aliphatic rings. The number of hydrogen-bond donors (Lipinski definition) is 1. The van der Waals surface area contributed by atoms with Crippen molar-refractivity contribution in [2.24, 2.45) is 0 Å². The lowest BCUT2D eigenvalue weighted by molar-refractivity contribution is 0.0927. The van der Waals surface area contributed by atoms with Crippen molar-refractivity contribution in [1.82, 2.24) is 10.3 Å². The van der Waals surface area contributed by atoms with Crippen LogP contribution in [0.15, 0.2) is 12.1 Å². The zero-order valence-electron chi connectivity index (χ0n) is 15.1. The second kappa shape index (κ2) is 7.80. The predicted octanol–water partition coefficient (Wildman–Crippen LogP) is 3.20. The lowest BCUT2D eigenvalue weighted by atomic mass is 9.95. The lowest BCUT2D eigenvalue weighted by Crippen LogP contribution is -2.36. The Morgan fingerprint density at radius 3 is 2.77 bits per heavy atom. The molecule has 0 spiro atoms. The zero-order chi connectivity index (χ0) is 17.9. The first-order chi connectivity index (χ1) is 12.8. The van der Waals surface area contributed by atoms with Crippen LogP contribution in [0.3, 0.4) is 0 Å². The zero-order valence-corrected chi connectivity index (χ0v) is 15.9. The summed E-state index contributed by atoms with van der Waals surface area (Å²) in [5, 5.41) is 3.69. The van der Waals surface area contributed by atoms with Crippen molar-refractivity contribution in [1.29, 1.82) is 0 Å². The molecule has 2 fully saturated rings. The van der Waals surface area contributed by atoms with Crippen LogP contribution in [0.5, 0.6) is 5.75 Å².